The normalized spacial score (nSPS) is 51.9. The van der Waals surface area contributed by atoms with Gasteiger partial charge in [-0.2, -0.15) is 0 Å². The zero-order valence-electron chi connectivity index (χ0n) is 23.3. The Balaban J connectivity index is 1.27. The number of esters is 1. The number of fused-ring (bicyclic) bond motifs is 7. The quantitative estimate of drug-likeness (QED) is 0.381. The predicted octanol–water partition coefficient (Wildman–Crippen LogP) is 8.29. The van der Waals surface area contributed by atoms with Crippen molar-refractivity contribution in [3.05, 3.63) is 0 Å². The molecule has 6 aliphatic rings. The van der Waals surface area contributed by atoms with Gasteiger partial charge in [-0.15, -0.1) is 0 Å². The molecule has 0 spiro atoms. The van der Waals surface area contributed by atoms with E-state index in [0.29, 0.717) is 21.7 Å². The number of carbonyl (C=O) groups excluding carboxylic acids is 1. The van der Waals surface area contributed by atoms with E-state index < -0.39 is 0 Å². The summed E-state index contributed by atoms with van der Waals surface area (Å²) in [6.07, 6.45) is 15.5. The van der Waals surface area contributed by atoms with Gasteiger partial charge in [0.05, 0.1) is 0 Å². The van der Waals surface area contributed by atoms with Crippen molar-refractivity contribution in [3.8, 4) is 0 Å². The van der Waals surface area contributed by atoms with Gasteiger partial charge in [-0.25, -0.2) is 0 Å². The highest BCUT2D eigenvalue weighted by atomic mass is 16.5. The fourth-order valence-electron chi connectivity index (χ4n) is 12.1. The van der Waals surface area contributed by atoms with E-state index in [2.05, 4.69) is 41.5 Å². The van der Waals surface area contributed by atoms with Gasteiger partial charge < -0.3 is 4.74 Å². The van der Waals surface area contributed by atoms with Gasteiger partial charge in [0.15, 0.2) is 0 Å². The van der Waals surface area contributed by atoms with E-state index in [1.54, 1.807) is 6.92 Å². The molecule has 0 amide bonds. The minimum absolute atomic E-state index is 0.0794. The molecule has 192 valence electrons. The van der Waals surface area contributed by atoms with Crippen molar-refractivity contribution in [2.24, 2.45) is 69.0 Å². The van der Waals surface area contributed by atoms with Gasteiger partial charge in [0, 0.05) is 6.92 Å². The van der Waals surface area contributed by atoms with Crippen molar-refractivity contribution >= 4 is 5.97 Å². The van der Waals surface area contributed by atoms with Crippen molar-refractivity contribution in [1.82, 2.24) is 0 Å². The maximum absolute atomic E-state index is 11.5. The second-order valence-corrected chi connectivity index (χ2v) is 15.6. The molecule has 0 aliphatic heterocycles. The fourth-order valence-corrected chi connectivity index (χ4v) is 12.1. The highest BCUT2D eigenvalue weighted by Gasteiger charge is 2.75. The van der Waals surface area contributed by atoms with Gasteiger partial charge in [-0.1, -0.05) is 41.5 Å². The highest BCUT2D eigenvalue weighted by molar-refractivity contribution is 5.66. The monoisotopic (exact) mass is 468 g/mol. The maximum Gasteiger partial charge on any atom is 0.302 e. The summed E-state index contributed by atoms with van der Waals surface area (Å²) in [4.78, 5) is 11.5. The van der Waals surface area contributed by atoms with Gasteiger partial charge in [0.25, 0.3) is 0 Å². The van der Waals surface area contributed by atoms with Crippen molar-refractivity contribution in [2.45, 2.75) is 125 Å². The Kier molecular flexibility index (Phi) is 5.26. The van der Waals surface area contributed by atoms with E-state index >= 15 is 0 Å². The molecular weight excluding hydrogens is 416 g/mol. The smallest absolute Gasteiger partial charge is 0.302 e. The summed E-state index contributed by atoms with van der Waals surface area (Å²) in [5.41, 5.74) is 1.88. The van der Waals surface area contributed by atoms with Gasteiger partial charge in [-0.3, -0.25) is 4.79 Å². The zero-order valence-corrected chi connectivity index (χ0v) is 23.3. The van der Waals surface area contributed by atoms with Crippen LogP contribution in [0.4, 0.5) is 0 Å². The molecule has 0 heterocycles. The van der Waals surface area contributed by atoms with Crippen LogP contribution in [0.2, 0.25) is 0 Å². The summed E-state index contributed by atoms with van der Waals surface area (Å²) < 4.78 is 5.67. The Labute approximate surface area is 209 Å². The third-order valence-corrected chi connectivity index (χ3v) is 14.7. The molecule has 10 unspecified atom stereocenters. The largest absolute Gasteiger partial charge is 0.463 e. The van der Waals surface area contributed by atoms with Crippen LogP contribution in [0.15, 0.2) is 0 Å². The van der Waals surface area contributed by atoms with E-state index in [1.165, 1.54) is 57.8 Å². The van der Waals surface area contributed by atoms with Crippen molar-refractivity contribution in [2.75, 3.05) is 0 Å². The topological polar surface area (TPSA) is 26.3 Å². The Hall–Kier alpha value is -0.530. The van der Waals surface area contributed by atoms with E-state index in [1.807, 2.05) is 0 Å². The Morgan fingerprint density at radius 3 is 1.94 bits per heavy atom. The van der Waals surface area contributed by atoms with Crippen LogP contribution in [0.5, 0.6) is 0 Å². The maximum atomic E-state index is 11.5. The Morgan fingerprint density at radius 2 is 1.26 bits per heavy atom. The summed E-state index contributed by atoms with van der Waals surface area (Å²) in [5.74, 6) is 7.38. The van der Waals surface area contributed by atoms with Crippen molar-refractivity contribution in [3.63, 3.8) is 0 Å². The lowest BCUT2D eigenvalue weighted by atomic mass is 9.45. The lowest BCUT2D eigenvalue weighted by molar-refractivity contribution is -0.153. The van der Waals surface area contributed by atoms with Crippen LogP contribution in [0.25, 0.3) is 0 Å². The molecule has 6 fully saturated rings. The molecule has 0 aromatic rings. The fraction of sp³-hybridized carbons (Fsp3) is 0.969. The number of carbonyl (C=O) groups is 1. The first-order valence-electron chi connectivity index (χ1n) is 15.1. The third-order valence-electron chi connectivity index (χ3n) is 14.7. The lowest BCUT2D eigenvalue weighted by Crippen LogP contribution is -2.53. The van der Waals surface area contributed by atoms with E-state index in [9.17, 15) is 4.79 Å². The van der Waals surface area contributed by atoms with Gasteiger partial charge in [-0.05, 0) is 140 Å². The predicted molar refractivity (Wildman–Crippen MR) is 138 cm³/mol. The molecule has 0 aromatic heterocycles. The van der Waals surface area contributed by atoms with E-state index in [-0.39, 0.29) is 12.1 Å². The van der Waals surface area contributed by atoms with Crippen molar-refractivity contribution in [1.29, 1.82) is 0 Å². The summed E-state index contributed by atoms with van der Waals surface area (Å²) in [5, 5.41) is 0. The van der Waals surface area contributed by atoms with Crippen LogP contribution < -0.4 is 0 Å². The molecule has 6 aliphatic carbocycles. The average Bonchev–Trinajstić information content (AvgIpc) is 3.52. The standard InChI is InChI=1S/C32H52O2/c1-19(33)34-21-9-11-22-20(18-21)8-10-24-23(22)12-13-26-25(24)14-15-27-28(26)32(7,31(6)16-17-31)30(4,5)29(27,2)3/h20-28H,8-18H2,1-7H3. The molecule has 34 heavy (non-hydrogen) atoms. The SMILES string of the molecule is CC(=O)OC1CCC2C(CCC3C2CCC2C3CCC3C2C(C)(C2(C)CC2)C(C)(C)C3(C)C)C1. The zero-order chi connectivity index (χ0) is 24.3. The Bertz CT molecular complexity index is 836. The summed E-state index contributed by atoms with van der Waals surface area (Å²) >= 11 is 0. The van der Waals surface area contributed by atoms with Crippen LogP contribution in [0.1, 0.15) is 119 Å². The first-order valence-corrected chi connectivity index (χ1v) is 15.1. The number of ether oxygens (including phenoxy) is 1. The minimum Gasteiger partial charge on any atom is -0.463 e. The summed E-state index contributed by atoms with van der Waals surface area (Å²) in [7, 11) is 0. The summed E-state index contributed by atoms with van der Waals surface area (Å²) in [6.45, 7) is 17.7. The second-order valence-electron chi connectivity index (χ2n) is 15.6. The van der Waals surface area contributed by atoms with E-state index in [4.69, 9.17) is 4.74 Å². The number of hydrogen-bond acceptors (Lipinski definition) is 2. The molecular formula is C32H52O2. The first-order chi connectivity index (χ1) is 15.9. The molecule has 0 radical (unpaired) electrons. The number of hydrogen-bond donors (Lipinski definition) is 0. The molecule has 0 aromatic carbocycles. The molecule has 6 rings (SSSR count). The molecule has 0 N–H and O–H groups in total. The summed E-state index contributed by atoms with van der Waals surface area (Å²) in [6, 6.07) is 0. The van der Waals surface area contributed by atoms with Gasteiger partial charge in [0.1, 0.15) is 6.10 Å². The molecule has 0 saturated heterocycles. The van der Waals surface area contributed by atoms with Crippen molar-refractivity contribution < 1.29 is 9.53 Å². The van der Waals surface area contributed by atoms with Gasteiger partial charge >= 0.3 is 5.97 Å². The molecule has 2 heteroatoms. The Morgan fingerprint density at radius 1 is 0.706 bits per heavy atom. The van der Waals surface area contributed by atoms with Crippen LogP contribution in [0, 0.1) is 69.0 Å². The van der Waals surface area contributed by atoms with E-state index in [0.717, 1.165) is 60.2 Å². The molecule has 10 atom stereocenters. The highest BCUT2D eigenvalue weighted by Crippen LogP contribution is 2.82. The number of rotatable bonds is 2. The first kappa shape index (κ1) is 23.8. The second kappa shape index (κ2) is 7.50. The average molecular weight is 469 g/mol. The van der Waals surface area contributed by atoms with Crippen LogP contribution in [-0.4, -0.2) is 12.1 Å². The van der Waals surface area contributed by atoms with Crippen LogP contribution in [-0.2, 0) is 9.53 Å². The van der Waals surface area contributed by atoms with Crippen LogP contribution in [0.3, 0.4) is 0 Å². The third kappa shape index (κ3) is 2.95. The van der Waals surface area contributed by atoms with Crippen LogP contribution >= 0.6 is 0 Å². The molecule has 6 saturated carbocycles. The minimum atomic E-state index is -0.0794. The molecule has 2 nitrogen and oxygen atoms in total. The van der Waals surface area contributed by atoms with Gasteiger partial charge in [0.2, 0.25) is 0 Å². The molecule has 0 bridgehead atoms. The lowest BCUT2D eigenvalue weighted by Gasteiger charge is -2.60.